The summed E-state index contributed by atoms with van der Waals surface area (Å²) >= 11 is 0. The highest BCUT2D eigenvalue weighted by atomic mass is 16.5. The first-order chi connectivity index (χ1) is 9.91. The van der Waals surface area contributed by atoms with Gasteiger partial charge in [0.05, 0.1) is 5.60 Å². The largest absolute Gasteiger partial charge is 0.423 e. The van der Waals surface area contributed by atoms with Crippen molar-refractivity contribution in [3.8, 4) is 11.5 Å². The van der Waals surface area contributed by atoms with Crippen LogP contribution in [0.15, 0.2) is 29.0 Å². The summed E-state index contributed by atoms with van der Waals surface area (Å²) in [5.74, 6) is 0.540. The van der Waals surface area contributed by atoms with E-state index in [4.69, 9.17) is 9.15 Å². The van der Waals surface area contributed by atoms with Crippen molar-refractivity contribution in [2.24, 2.45) is 0 Å². The number of nitrogens with one attached hydrogen (secondary N) is 1. The van der Waals surface area contributed by atoms with Crippen molar-refractivity contribution in [1.82, 2.24) is 10.2 Å². The molecule has 1 N–H and O–H groups in total. The lowest BCUT2D eigenvalue weighted by molar-refractivity contribution is 0.0128. The lowest BCUT2D eigenvalue weighted by Gasteiger charge is -2.28. The summed E-state index contributed by atoms with van der Waals surface area (Å²) < 4.78 is 10.7. The molecule has 1 unspecified atom stereocenters. The zero-order chi connectivity index (χ0) is 15.5. The van der Waals surface area contributed by atoms with Gasteiger partial charge >= 0.3 is 0 Å². The van der Waals surface area contributed by atoms with Crippen molar-refractivity contribution in [2.45, 2.75) is 45.8 Å². The standard InChI is InChI=1S/C16H23N3O2/c1-11-8-13(15-19-17-10-21-15)6-7-14(11)18-12(2)9-16(3,4)20-5/h6-8,10,12,18H,9H2,1-5H3. The molecule has 1 aromatic carbocycles. The van der Waals surface area contributed by atoms with Gasteiger partial charge in [0, 0.05) is 24.4 Å². The minimum Gasteiger partial charge on any atom is -0.423 e. The van der Waals surface area contributed by atoms with Crippen LogP contribution in [0, 0.1) is 6.92 Å². The van der Waals surface area contributed by atoms with Gasteiger partial charge in [-0.2, -0.15) is 0 Å². The number of nitrogens with zero attached hydrogens (tertiary/aromatic N) is 2. The van der Waals surface area contributed by atoms with Crippen LogP contribution in [0.5, 0.6) is 0 Å². The van der Waals surface area contributed by atoms with Crippen molar-refractivity contribution in [3.63, 3.8) is 0 Å². The zero-order valence-electron chi connectivity index (χ0n) is 13.3. The molecule has 21 heavy (non-hydrogen) atoms. The van der Waals surface area contributed by atoms with Gasteiger partial charge < -0.3 is 14.5 Å². The SMILES string of the molecule is COC(C)(C)CC(C)Nc1ccc(-c2nnco2)cc1C. The minimum atomic E-state index is -0.135. The van der Waals surface area contributed by atoms with Crippen LogP contribution in [0.2, 0.25) is 0 Å². The number of aryl methyl sites for hydroxylation is 1. The Morgan fingerprint density at radius 2 is 2.14 bits per heavy atom. The second-order valence-corrected chi connectivity index (χ2v) is 5.99. The Morgan fingerprint density at radius 3 is 2.71 bits per heavy atom. The lowest BCUT2D eigenvalue weighted by atomic mass is 9.99. The van der Waals surface area contributed by atoms with Gasteiger partial charge in [0.1, 0.15) is 0 Å². The minimum absolute atomic E-state index is 0.135. The van der Waals surface area contributed by atoms with E-state index in [1.807, 2.05) is 18.2 Å². The van der Waals surface area contributed by atoms with Gasteiger partial charge in [-0.25, -0.2) is 0 Å². The van der Waals surface area contributed by atoms with Crippen molar-refractivity contribution >= 4 is 5.69 Å². The highest BCUT2D eigenvalue weighted by molar-refractivity contribution is 5.62. The van der Waals surface area contributed by atoms with E-state index >= 15 is 0 Å². The Hall–Kier alpha value is -1.88. The number of methoxy groups -OCH3 is 1. The fourth-order valence-corrected chi connectivity index (χ4v) is 2.39. The summed E-state index contributed by atoms with van der Waals surface area (Å²) in [6.45, 7) is 8.41. The van der Waals surface area contributed by atoms with Crippen LogP contribution in [0.3, 0.4) is 0 Å². The molecule has 0 aliphatic heterocycles. The number of hydrogen-bond acceptors (Lipinski definition) is 5. The second-order valence-electron chi connectivity index (χ2n) is 5.99. The second kappa shape index (κ2) is 6.26. The predicted molar refractivity (Wildman–Crippen MR) is 83.3 cm³/mol. The topological polar surface area (TPSA) is 60.2 Å². The van der Waals surface area contributed by atoms with Crippen molar-refractivity contribution in [3.05, 3.63) is 30.2 Å². The predicted octanol–water partition coefficient (Wildman–Crippen LogP) is 3.66. The third-order valence-corrected chi connectivity index (χ3v) is 3.59. The van der Waals surface area contributed by atoms with Crippen LogP contribution >= 0.6 is 0 Å². The fourth-order valence-electron chi connectivity index (χ4n) is 2.39. The third-order valence-electron chi connectivity index (χ3n) is 3.59. The Morgan fingerprint density at radius 1 is 1.38 bits per heavy atom. The van der Waals surface area contributed by atoms with Crippen LogP contribution in [0.4, 0.5) is 5.69 Å². The molecule has 1 aromatic heterocycles. The molecule has 2 rings (SSSR count). The van der Waals surface area contributed by atoms with Gasteiger partial charge in [-0.1, -0.05) is 0 Å². The monoisotopic (exact) mass is 289 g/mol. The number of rotatable bonds is 6. The average Bonchev–Trinajstić information content (AvgIpc) is 2.94. The maximum absolute atomic E-state index is 5.48. The van der Waals surface area contributed by atoms with E-state index in [1.54, 1.807) is 7.11 Å². The number of benzene rings is 1. The molecule has 2 aromatic rings. The molecule has 0 spiro atoms. The highest BCUT2D eigenvalue weighted by Gasteiger charge is 2.20. The Bertz CT molecular complexity index is 579. The molecule has 0 amide bonds. The molecule has 0 saturated heterocycles. The molecule has 5 nitrogen and oxygen atoms in total. The quantitative estimate of drug-likeness (QED) is 0.879. The Labute approximate surface area is 125 Å². The molecule has 0 aliphatic rings. The van der Waals surface area contributed by atoms with Gasteiger partial charge in [-0.15, -0.1) is 10.2 Å². The summed E-state index contributed by atoms with van der Waals surface area (Å²) in [6, 6.07) is 6.39. The van der Waals surface area contributed by atoms with Gasteiger partial charge in [0.2, 0.25) is 12.3 Å². The van der Waals surface area contributed by atoms with Gasteiger partial charge in [0.15, 0.2) is 0 Å². The van der Waals surface area contributed by atoms with Gasteiger partial charge in [-0.05, 0) is 57.9 Å². The lowest BCUT2D eigenvalue weighted by Crippen LogP contribution is -2.31. The van der Waals surface area contributed by atoms with Crippen LogP contribution in [0.25, 0.3) is 11.5 Å². The number of anilines is 1. The Kier molecular flexibility index (Phi) is 4.63. The van der Waals surface area contributed by atoms with E-state index in [0.717, 1.165) is 23.2 Å². The normalized spacial score (nSPS) is 13.2. The van der Waals surface area contributed by atoms with Crippen LogP contribution in [-0.2, 0) is 4.74 Å². The van der Waals surface area contributed by atoms with E-state index in [2.05, 4.69) is 43.2 Å². The molecular weight excluding hydrogens is 266 g/mol. The smallest absolute Gasteiger partial charge is 0.247 e. The van der Waals surface area contributed by atoms with Gasteiger partial charge in [-0.3, -0.25) is 0 Å². The molecule has 0 bridgehead atoms. The number of ether oxygens (including phenoxy) is 1. The van der Waals surface area contributed by atoms with E-state index in [1.165, 1.54) is 6.39 Å². The summed E-state index contributed by atoms with van der Waals surface area (Å²) in [5, 5.41) is 11.2. The highest BCUT2D eigenvalue weighted by Crippen LogP contribution is 2.25. The molecule has 0 aliphatic carbocycles. The maximum Gasteiger partial charge on any atom is 0.247 e. The van der Waals surface area contributed by atoms with E-state index < -0.39 is 0 Å². The third kappa shape index (κ3) is 4.04. The molecule has 0 fully saturated rings. The summed E-state index contributed by atoms with van der Waals surface area (Å²) in [7, 11) is 1.75. The van der Waals surface area contributed by atoms with Gasteiger partial charge in [0.25, 0.3) is 0 Å². The maximum atomic E-state index is 5.48. The molecule has 5 heteroatoms. The first-order valence-electron chi connectivity index (χ1n) is 7.10. The Balaban J connectivity index is 2.08. The van der Waals surface area contributed by atoms with Crippen LogP contribution in [-0.4, -0.2) is 29.0 Å². The van der Waals surface area contributed by atoms with Crippen LogP contribution in [0.1, 0.15) is 32.8 Å². The molecule has 0 saturated carbocycles. The first-order valence-corrected chi connectivity index (χ1v) is 7.10. The van der Waals surface area contributed by atoms with Crippen molar-refractivity contribution < 1.29 is 9.15 Å². The molecule has 0 radical (unpaired) electrons. The zero-order valence-corrected chi connectivity index (χ0v) is 13.3. The first kappa shape index (κ1) is 15.5. The fraction of sp³-hybridized carbons (Fsp3) is 0.500. The van der Waals surface area contributed by atoms with Crippen molar-refractivity contribution in [2.75, 3.05) is 12.4 Å². The van der Waals surface area contributed by atoms with Crippen LogP contribution < -0.4 is 5.32 Å². The summed E-state index contributed by atoms with van der Waals surface area (Å²) in [6.07, 6.45) is 2.26. The summed E-state index contributed by atoms with van der Waals surface area (Å²) in [4.78, 5) is 0. The number of aromatic nitrogens is 2. The van der Waals surface area contributed by atoms with Crippen molar-refractivity contribution in [1.29, 1.82) is 0 Å². The average molecular weight is 289 g/mol. The van der Waals surface area contributed by atoms with E-state index in [-0.39, 0.29) is 5.60 Å². The van der Waals surface area contributed by atoms with E-state index in [9.17, 15) is 0 Å². The number of hydrogen-bond donors (Lipinski definition) is 1. The molecule has 1 heterocycles. The van der Waals surface area contributed by atoms with E-state index in [0.29, 0.717) is 11.9 Å². The molecular formula is C16H23N3O2. The molecule has 114 valence electrons. The molecule has 1 atom stereocenters. The summed E-state index contributed by atoms with van der Waals surface area (Å²) in [5.41, 5.74) is 3.05.